The SMILES string of the molecule is CO[C@@H]1CCN(C(=O)Cc2ccccc2C(F)(F)F)C1. The molecule has 0 spiro atoms. The number of halogens is 3. The van der Waals surface area contributed by atoms with Crippen molar-refractivity contribution in [3.63, 3.8) is 0 Å². The molecule has 20 heavy (non-hydrogen) atoms. The van der Waals surface area contributed by atoms with Crippen molar-refractivity contribution >= 4 is 5.91 Å². The van der Waals surface area contributed by atoms with E-state index in [1.807, 2.05) is 0 Å². The molecule has 1 aromatic carbocycles. The van der Waals surface area contributed by atoms with Gasteiger partial charge in [-0.05, 0) is 18.1 Å². The summed E-state index contributed by atoms with van der Waals surface area (Å²) in [5, 5.41) is 0. The second kappa shape index (κ2) is 5.83. The van der Waals surface area contributed by atoms with Gasteiger partial charge in [-0.3, -0.25) is 4.79 Å². The lowest BCUT2D eigenvalue weighted by Gasteiger charge is -2.18. The van der Waals surface area contributed by atoms with E-state index in [0.29, 0.717) is 13.1 Å². The molecule has 0 unspecified atom stereocenters. The summed E-state index contributed by atoms with van der Waals surface area (Å²) in [6, 6.07) is 5.20. The number of benzene rings is 1. The minimum atomic E-state index is -4.43. The van der Waals surface area contributed by atoms with Crippen LogP contribution in [0.3, 0.4) is 0 Å². The molecule has 1 amide bonds. The second-order valence-electron chi connectivity index (χ2n) is 4.82. The van der Waals surface area contributed by atoms with Gasteiger partial charge in [-0.2, -0.15) is 13.2 Å². The molecule has 1 aliphatic rings. The van der Waals surface area contributed by atoms with Gasteiger partial charge < -0.3 is 9.64 Å². The fourth-order valence-electron chi connectivity index (χ4n) is 2.37. The molecule has 0 bridgehead atoms. The van der Waals surface area contributed by atoms with Crippen LogP contribution in [0.15, 0.2) is 24.3 Å². The molecule has 1 fully saturated rings. The Kier molecular flexibility index (Phi) is 4.32. The van der Waals surface area contributed by atoms with Gasteiger partial charge in [0, 0.05) is 20.2 Å². The number of rotatable bonds is 3. The van der Waals surface area contributed by atoms with Crippen LogP contribution >= 0.6 is 0 Å². The lowest BCUT2D eigenvalue weighted by Crippen LogP contribution is -2.31. The summed E-state index contributed by atoms with van der Waals surface area (Å²) in [4.78, 5) is 13.6. The van der Waals surface area contributed by atoms with Gasteiger partial charge in [-0.25, -0.2) is 0 Å². The Bertz CT molecular complexity index is 488. The summed E-state index contributed by atoms with van der Waals surface area (Å²) < 4.78 is 43.7. The van der Waals surface area contributed by atoms with Crippen LogP contribution in [0.1, 0.15) is 17.5 Å². The summed E-state index contributed by atoms with van der Waals surface area (Å²) in [6.45, 7) is 0.981. The van der Waals surface area contributed by atoms with Crippen molar-refractivity contribution in [3.05, 3.63) is 35.4 Å². The number of hydrogen-bond acceptors (Lipinski definition) is 2. The van der Waals surface area contributed by atoms with E-state index in [-0.39, 0.29) is 24.0 Å². The van der Waals surface area contributed by atoms with Crippen molar-refractivity contribution < 1.29 is 22.7 Å². The van der Waals surface area contributed by atoms with E-state index in [2.05, 4.69) is 0 Å². The summed E-state index contributed by atoms with van der Waals surface area (Å²) in [5.41, 5.74) is -0.721. The minimum Gasteiger partial charge on any atom is -0.380 e. The van der Waals surface area contributed by atoms with Gasteiger partial charge in [0.05, 0.1) is 18.1 Å². The Morgan fingerprint density at radius 1 is 1.40 bits per heavy atom. The topological polar surface area (TPSA) is 29.5 Å². The number of alkyl halides is 3. The third kappa shape index (κ3) is 3.30. The molecule has 0 aliphatic carbocycles. The van der Waals surface area contributed by atoms with E-state index in [9.17, 15) is 18.0 Å². The maximum atomic E-state index is 12.8. The van der Waals surface area contributed by atoms with Gasteiger partial charge in [-0.1, -0.05) is 18.2 Å². The van der Waals surface area contributed by atoms with E-state index in [0.717, 1.165) is 12.5 Å². The highest BCUT2D eigenvalue weighted by Crippen LogP contribution is 2.32. The van der Waals surface area contributed by atoms with Gasteiger partial charge >= 0.3 is 6.18 Å². The van der Waals surface area contributed by atoms with Gasteiger partial charge in [0.25, 0.3) is 0 Å². The number of carbonyl (C=O) groups is 1. The minimum absolute atomic E-state index is 0.0168. The molecule has 0 N–H and O–H groups in total. The van der Waals surface area contributed by atoms with Crippen LogP contribution in [-0.2, 0) is 22.1 Å². The summed E-state index contributed by atoms with van der Waals surface area (Å²) in [5.74, 6) is -0.291. The van der Waals surface area contributed by atoms with Crippen LogP contribution in [0.25, 0.3) is 0 Å². The molecule has 1 atom stereocenters. The Labute approximate surface area is 115 Å². The average molecular weight is 287 g/mol. The lowest BCUT2D eigenvalue weighted by atomic mass is 10.0. The Balaban J connectivity index is 2.09. The number of ether oxygens (including phenoxy) is 1. The van der Waals surface area contributed by atoms with Crippen molar-refractivity contribution in [1.82, 2.24) is 4.90 Å². The number of carbonyl (C=O) groups excluding carboxylic acids is 1. The molecular formula is C14H16F3NO2. The first-order chi connectivity index (χ1) is 9.41. The third-order valence-electron chi connectivity index (χ3n) is 3.50. The molecule has 0 aromatic heterocycles. The van der Waals surface area contributed by atoms with Crippen molar-refractivity contribution in [2.24, 2.45) is 0 Å². The molecule has 1 saturated heterocycles. The zero-order chi connectivity index (χ0) is 14.8. The normalized spacial score (nSPS) is 19.4. The monoisotopic (exact) mass is 287 g/mol. The number of likely N-dealkylation sites (tertiary alicyclic amines) is 1. The molecule has 1 heterocycles. The van der Waals surface area contributed by atoms with E-state index in [1.165, 1.54) is 18.2 Å². The van der Waals surface area contributed by atoms with Crippen LogP contribution in [0.4, 0.5) is 13.2 Å². The number of methoxy groups -OCH3 is 1. The Morgan fingerprint density at radius 2 is 2.10 bits per heavy atom. The zero-order valence-electron chi connectivity index (χ0n) is 11.1. The van der Waals surface area contributed by atoms with Crippen LogP contribution in [0.5, 0.6) is 0 Å². The van der Waals surface area contributed by atoms with Crippen LogP contribution in [0.2, 0.25) is 0 Å². The van der Waals surface area contributed by atoms with Crippen LogP contribution < -0.4 is 0 Å². The Morgan fingerprint density at radius 3 is 2.70 bits per heavy atom. The first-order valence-corrected chi connectivity index (χ1v) is 6.37. The lowest BCUT2D eigenvalue weighted by molar-refractivity contribution is -0.138. The second-order valence-corrected chi connectivity index (χ2v) is 4.82. The molecule has 2 rings (SSSR count). The molecule has 110 valence electrons. The van der Waals surface area contributed by atoms with E-state index >= 15 is 0 Å². The van der Waals surface area contributed by atoms with Gasteiger partial charge in [0.2, 0.25) is 5.91 Å². The van der Waals surface area contributed by atoms with Gasteiger partial charge in [0.1, 0.15) is 0 Å². The standard InChI is InChI=1S/C14H16F3NO2/c1-20-11-6-7-18(9-11)13(19)8-10-4-2-3-5-12(10)14(15,16)17/h2-5,11H,6-9H2,1H3/t11-/m1/s1. The quantitative estimate of drug-likeness (QED) is 0.855. The highest BCUT2D eigenvalue weighted by Gasteiger charge is 2.34. The van der Waals surface area contributed by atoms with Crippen molar-refractivity contribution in [2.45, 2.75) is 25.1 Å². The summed E-state index contributed by atoms with van der Waals surface area (Å²) in [7, 11) is 1.57. The first kappa shape index (κ1) is 14.8. The maximum Gasteiger partial charge on any atom is 0.416 e. The van der Waals surface area contributed by atoms with Gasteiger partial charge in [-0.15, -0.1) is 0 Å². The summed E-state index contributed by atoms with van der Waals surface area (Å²) >= 11 is 0. The predicted molar refractivity (Wildman–Crippen MR) is 67.1 cm³/mol. The molecule has 1 aliphatic heterocycles. The smallest absolute Gasteiger partial charge is 0.380 e. The molecular weight excluding hydrogens is 271 g/mol. The van der Waals surface area contributed by atoms with Crippen molar-refractivity contribution in [3.8, 4) is 0 Å². The van der Waals surface area contributed by atoms with Crippen molar-refractivity contribution in [1.29, 1.82) is 0 Å². The maximum absolute atomic E-state index is 12.8. The van der Waals surface area contributed by atoms with Crippen molar-refractivity contribution in [2.75, 3.05) is 20.2 Å². The molecule has 6 heteroatoms. The zero-order valence-corrected chi connectivity index (χ0v) is 11.1. The molecule has 0 radical (unpaired) electrons. The third-order valence-corrected chi connectivity index (χ3v) is 3.50. The summed E-state index contributed by atoms with van der Waals surface area (Å²) in [6.07, 6.45) is -3.96. The largest absolute Gasteiger partial charge is 0.416 e. The number of nitrogens with zero attached hydrogens (tertiary/aromatic N) is 1. The van der Waals surface area contributed by atoms with E-state index in [4.69, 9.17) is 4.74 Å². The molecule has 0 saturated carbocycles. The molecule has 1 aromatic rings. The van der Waals surface area contributed by atoms with Gasteiger partial charge in [0.15, 0.2) is 0 Å². The number of amides is 1. The highest BCUT2D eigenvalue weighted by atomic mass is 19.4. The number of hydrogen-bond donors (Lipinski definition) is 0. The Hall–Kier alpha value is -1.56. The van der Waals surface area contributed by atoms with E-state index < -0.39 is 11.7 Å². The van der Waals surface area contributed by atoms with Crippen LogP contribution in [-0.4, -0.2) is 37.1 Å². The average Bonchev–Trinajstić information content (AvgIpc) is 2.87. The fourth-order valence-corrected chi connectivity index (χ4v) is 2.37. The highest BCUT2D eigenvalue weighted by molar-refractivity contribution is 5.79. The van der Waals surface area contributed by atoms with Crippen LogP contribution in [0, 0.1) is 0 Å². The van der Waals surface area contributed by atoms with E-state index in [1.54, 1.807) is 12.0 Å². The first-order valence-electron chi connectivity index (χ1n) is 6.37. The predicted octanol–water partition coefficient (Wildman–Crippen LogP) is 2.50. The molecule has 3 nitrogen and oxygen atoms in total. The fraction of sp³-hybridized carbons (Fsp3) is 0.500.